The van der Waals surface area contributed by atoms with E-state index < -0.39 is 17.6 Å². The summed E-state index contributed by atoms with van der Waals surface area (Å²) in [7, 11) is 0. The first-order chi connectivity index (χ1) is 16.0. The van der Waals surface area contributed by atoms with Crippen LogP contribution in [0.25, 0.3) is 0 Å². The maximum atomic E-state index is 14.8. The van der Waals surface area contributed by atoms with Gasteiger partial charge in [-0.15, -0.1) is 0 Å². The van der Waals surface area contributed by atoms with Crippen molar-refractivity contribution in [1.29, 1.82) is 0 Å². The van der Waals surface area contributed by atoms with Crippen LogP contribution in [0.5, 0.6) is 0 Å². The van der Waals surface area contributed by atoms with Gasteiger partial charge in [0.1, 0.15) is 17.5 Å². The first-order valence-corrected chi connectivity index (χ1v) is 12.2. The van der Waals surface area contributed by atoms with Crippen LogP contribution < -0.4 is 4.90 Å². The number of benzene rings is 1. The number of anilines is 1. The van der Waals surface area contributed by atoms with Crippen molar-refractivity contribution in [3.05, 3.63) is 58.7 Å². The Morgan fingerprint density at radius 3 is 2.26 bits per heavy atom. The van der Waals surface area contributed by atoms with Crippen molar-refractivity contribution < 1.29 is 13.6 Å². The van der Waals surface area contributed by atoms with Crippen LogP contribution in [0.1, 0.15) is 46.1 Å². The maximum Gasteiger partial charge on any atom is 0.227 e. The number of halogens is 3. The molecule has 0 radical (unpaired) electrons. The summed E-state index contributed by atoms with van der Waals surface area (Å²) in [4.78, 5) is 24.7. The smallest absolute Gasteiger partial charge is 0.227 e. The van der Waals surface area contributed by atoms with Crippen molar-refractivity contribution >= 4 is 23.3 Å². The number of amides is 1. The van der Waals surface area contributed by atoms with Crippen LogP contribution in [0.3, 0.4) is 0 Å². The highest BCUT2D eigenvalue weighted by molar-refractivity contribution is 6.30. The van der Waals surface area contributed by atoms with Crippen molar-refractivity contribution in [3.8, 4) is 0 Å². The predicted octanol–water partition coefficient (Wildman–Crippen LogP) is 4.95. The van der Waals surface area contributed by atoms with Crippen molar-refractivity contribution in [2.45, 2.75) is 58.2 Å². The van der Waals surface area contributed by atoms with Crippen molar-refractivity contribution in [2.24, 2.45) is 5.92 Å². The molecule has 4 atom stereocenters. The SMILES string of the molecule is C[C@@H]1CN(C(=O)C2CN(C(C)(C)C)CC2c2ccc(F)cc2F)C[C@H](C)N1c1ccc(Cl)cn1. The summed E-state index contributed by atoms with van der Waals surface area (Å²) < 4.78 is 28.4. The fraction of sp³-hybridized carbons (Fsp3) is 0.538. The van der Waals surface area contributed by atoms with Crippen LogP contribution in [0.4, 0.5) is 14.6 Å². The second-order valence-electron chi connectivity index (χ2n) is 10.6. The Kier molecular flexibility index (Phi) is 6.89. The van der Waals surface area contributed by atoms with E-state index in [1.807, 2.05) is 17.0 Å². The van der Waals surface area contributed by atoms with E-state index >= 15 is 0 Å². The Bertz CT molecular complexity index is 1030. The highest BCUT2D eigenvalue weighted by Crippen LogP contribution is 2.39. The van der Waals surface area contributed by atoms with Gasteiger partial charge in [-0.2, -0.15) is 0 Å². The minimum absolute atomic E-state index is 0.0305. The topological polar surface area (TPSA) is 39.7 Å². The standard InChI is InChI=1S/C26H33ClF2N4O/c1-16-12-31(13-17(2)33(16)24-9-6-18(27)11-30-24)25(34)22-15-32(26(3,4)5)14-21(22)20-8-7-19(28)10-23(20)29/h6-11,16-17,21-22H,12-15H2,1-5H3/t16-,17+,21?,22?. The lowest BCUT2D eigenvalue weighted by atomic mass is 9.87. The quantitative estimate of drug-likeness (QED) is 0.610. The number of pyridine rings is 1. The third-order valence-corrected chi connectivity index (χ3v) is 7.38. The molecule has 2 unspecified atom stereocenters. The summed E-state index contributed by atoms with van der Waals surface area (Å²) in [5, 5.41) is 0.585. The van der Waals surface area contributed by atoms with Gasteiger partial charge in [-0.3, -0.25) is 9.69 Å². The third kappa shape index (κ3) is 4.91. The van der Waals surface area contributed by atoms with Gasteiger partial charge in [0.2, 0.25) is 5.91 Å². The summed E-state index contributed by atoms with van der Waals surface area (Å²) in [5.41, 5.74) is 0.250. The average Bonchev–Trinajstić information content (AvgIpc) is 3.19. The minimum Gasteiger partial charge on any atom is -0.348 e. The number of aromatic nitrogens is 1. The number of nitrogens with zero attached hydrogens (tertiary/aromatic N) is 4. The molecule has 2 aliphatic rings. The molecule has 0 saturated carbocycles. The van der Waals surface area contributed by atoms with Gasteiger partial charge in [-0.05, 0) is 58.4 Å². The molecule has 2 saturated heterocycles. The number of likely N-dealkylation sites (tertiary alicyclic amines) is 1. The van der Waals surface area contributed by atoms with Crippen molar-refractivity contribution in [1.82, 2.24) is 14.8 Å². The molecule has 8 heteroatoms. The second kappa shape index (κ2) is 9.42. The van der Waals surface area contributed by atoms with Crippen LogP contribution >= 0.6 is 11.6 Å². The van der Waals surface area contributed by atoms with Crippen LogP contribution in [-0.2, 0) is 4.79 Å². The fourth-order valence-corrected chi connectivity index (χ4v) is 5.54. The molecule has 1 amide bonds. The zero-order valence-electron chi connectivity index (χ0n) is 20.4. The number of piperazine rings is 1. The Morgan fingerprint density at radius 1 is 1.03 bits per heavy atom. The van der Waals surface area contributed by atoms with Gasteiger partial charge in [0.05, 0.1) is 10.9 Å². The number of hydrogen-bond acceptors (Lipinski definition) is 4. The molecule has 1 aromatic carbocycles. The lowest BCUT2D eigenvalue weighted by molar-refractivity contribution is -0.137. The Labute approximate surface area is 205 Å². The molecular weight excluding hydrogens is 458 g/mol. The molecule has 0 bridgehead atoms. The summed E-state index contributed by atoms with van der Waals surface area (Å²) in [5.74, 6) is -1.04. The first kappa shape index (κ1) is 24.9. The molecule has 1 aromatic heterocycles. The molecule has 4 rings (SSSR count). The summed E-state index contributed by atoms with van der Waals surface area (Å²) in [6, 6.07) is 7.53. The predicted molar refractivity (Wildman–Crippen MR) is 131 cm³/mol. The van der Waals surface area contributed by atoms with Crippen LogP contribution in [0.2, 0.25) is 5.02 Å². The lowest BCUT2D eigenvalue weighted by Crippen LogP contribution is -2.59. The van der Waals surface area contributed by atoms with Crippen LogP contribution in [0, 0.1) is 17.6 Å². The van der Waals surface area contributed by atoms with Crippen molar-refractivity contribution in [3.63, 3.8) is 0 Å². The second-order valence-corrected chi connectivity index (χ2v) is 11.1. The number of carbonyl (C=O) groups excluding carboxylic acids is 1. The van der Waals surface area contributed by atoms with Gasteiger partial charge in [0, 0.05) is 62.0 Å². The summed E-state index contributed by atoms with van der Waals surface area (Å²) in [6.07, 6.45) is 1.63. The molecule has 184 valence electrons. The van der Waals surface area contributed by atoms with Gasteiger partial charge in [0.15, 0.2) is 0 Å². The van der Waals surface area contributed by atoms with Crippen LogP contribution in [0.15, 0.2) is 36.5 Å². The Hall–Kier alpha value is -2.25. The van der Waals surface area contributed by atoms with E-state index in [-0.39, 0.29) is 29.4 Å². The highest BCUT2D eigenvalue weighted by Gasteiger charge is 2.45. The molecule has 34 heavy (non-hydrogen) atoms. The van der Waals surface area contributed by atoms with E-state index in [0.717, 1.165) is 11.9 Å². The maximum absolute atomic E-state index is 14.8. The number of rotatable bonds is 3. The van der Waals surface area contributed by atoms with Gasteiger partial charge in [0.25, 0.3) is 0 Å². The largest absolute Gasteiger partial charge is 0.348 e. The number of carbonyl (C=O) groups is 1. The molecule has 0 aliphatic carbocycles. The summed E-state index contributed by atoms with van der Waals surface area (Å²) >= 11 is 6.00. The van der Waals surface area contributed by atoms with Gasteiger partial charge in [-0.1, -0.05) is 17.7 Å². The molecular formula is C26H33ClF2N4O. The van der Waals surface area contributed by atoms with E-state index in [2.05, 4.69) is 49.4 Å². The highest BCUT2D eigenvalue weighted by atomic mass is 35.5. The van der Waals surface area contributed by atoms with Crippen molar-refractivity contribution in [2.75, 3.05) is 31.1 Å². The molecule has 2 aromatic rings. The fourth-order valence-electron chi connectivity index (χ4n) is 5.43. The molecule has 0 spiro atoms. The van der Waals surface area contributed by atoms with E-state index in [9.17, 15) is 13.6 Å². The van der Waals surface area contributed by atoms with Gasteiger partial charge >= 0.3 is 0 Å². The minimum atomic E-state index is -0.607. The normalized spacial score (nSPS) is 26.2. The Balaban J connectivity index is 1.58. The van der Waals surface area contributed by atoms with Crippen LogP contribution in [-0.4, -0.2) is 64.5 Å². The monoisotopic (exact) mass is 490 g/mol. The zero-order valence-corrected chi connectivity index (χ0v) is 21.2. The average molecular weight is 491 g/mol. The van der Waals surface area contributed by atoms with Gasteiger partial charge in [-0.25, -0.2) is 13.8 Å². The molecule has 5 nitrogen and oxygen atoms in total. The third-order valence-electron chi connectivity index (χ3n) is 7.15. The van der Waals surface area contributed by atoms with E-state index in [4.69, 9.17) is 11.6 Å². The van der Waals surface area contributed by atoms with E-state index in [1.165, 1.54) is 12.1 Å². The lowest BCUT2D eigenvalue weighted by Gasteiger charge is -2.46. The first-order valence-electron chi connectivity index (χ1n) is 11.8. The molecule has 0 N–H and O–H groups in total. The van der Waals surface area contributed by atoms with E-state index in [1.54, 1.807) is 6.20 Å². The molecule has 3 heterocycles. The van der Waals surface area contributed by atoms with Gasteiger partial charge < -0.3 is 9.80 Å². The molecule has 2 aliphatic heterocycles. The Morgan fingerprint density at radius 2 is 1.71 bits per heavy atom. The zero-order chi connectivity index (χ0) is 24.8. The number of hydrogen-bond donors (Lipinski definition) is 0. The van der Waals surface area contributed by atoms with E-state index in [0.29, 0.717) is 36.8 Å². The molecule has 2 fully saturated rings. The summed E-state index contributed by atoms with van der Waals surface area (Å²) in [6.45, 7) is 12.7.